The number of hydrogen-bond donors (Lipinski definition) is 2. The van der Waals surface area contributed by atoms with Gasteiger partial charge >= 0.3 is 6.03 Å². The van der Waals surface area contributed by atoms with Crippen LogP contribution >= 0.6 is 0 Å². The molecule has 0 aliphatic rings. The average Bonchev–Trinajstić information content (AvgIpc) is 2.63. The Morgan fingerprint density at radius 1 is 1.03 bits per heavy atom. The SMILES string of the molecule is Cc1cc(F)ccc1-c1nc(N(C(N)=O)c2c(F)cccc2F)ccc1C(C)(C)N. The molecule has 0 saturated heterocycles. The van der Waals surface area contributed by atoms with Crippen molar-refractivity contribution in [3.63, 3.8) is 0 Å². The van der Waals surface area contributed by atoms with Crippen LogP contribution in [0, 0.1) is 24.4 Å². The molecule has 0 fully saturated rings. The maximum absolute atomic E-state index is 14.4. The summed E-state index contributed by atoms with van der Waals surface area (Å²) in [7, 11) is 0. The first-order valence-electron chi connectivity index (χ1n) is 9.11. The number of nitrogens with zero attached hydrogens (tertiary/aromatic N) is 2. The van der Waals surface area contributed by atoms with Crippen LogP contribution < -0.4 is 16.4 Å². The average molecular weight is 414 g/mol. The minimum Gasteiger partial charge on any atom is -0.351 e. The molecular formula is C22H21F3N4O. The maximum Gasteiger partial charge on any atom is 0.325 e. The fraction of sp³-hybridized carbons (Fsp3) is 0.182. The highest BCUT2D eigenvalue weighted by Gasteiger charge is 2.27. The second kappa shape index (κ2) is 7.79. The molecule has 0 unspecified atom stereocenters. The van der Waals surface area contributed by atoms with E-state index in [0.29, 0.717) is 27.3 Å². The largest absolute Gasteiger partial charge is 0.351 e. The van der Waals surface area contributed by atoms with Gasteiger partial charge in [0, 0.05) is 11.1 Å². The molecule has 0 bridgehead atoms. The van der Waals surface area contributed by atoms with Crippen LogP contribution in [0.4, 0.5) is 29.5 Å². The number of para-hydroxylation sites is 1. The topological polar surface area (TPSA) is 85.2 Å². The van der Waals surface area contributed by atoms with Crippen LogP contribution in [0.5, 0.6) is 0 Å². The Morgan fingerprint density at radius 2 is 1.67 bits per heavy atom. The summed E-state index contributed by atoms with van der Waals surface area (Å²) >= 11 is 0. The smallest absolute Gasteiger partial charge is 0.325 e. The first-order chi connectivity index (χ1) is 14.0. The van der Waals surface area contributed by atoms with E-state index >= 15 is 0 Å². The van der Waals surface area contributed by atoms with Crippen molar-refractivity contribution < 1.29 is 18.0 Å². The van der Waals surface area contributed by atoms with E-state index in [4.69, 9.17) is 11.5 Å². The molecule has 8 heteroatoms. The first-order valence-corrected chi connectivity index (χ1v) is 9.11. The standard InChI is InChI=1S/C22H21F3N4O/c1-12-11-13(23)7-8-14(12)19-15(22(2,3)27)9-10-18(28-19)29(21(26)30)20-16(24)5-4-6-17(20)25/h4-11H,27H2,1-3H3,(H2,26,30). The number of benzene rings is 2. The fourth-order valence-corrected chi connectivity index (χ4v) is 3.23. The summed E-state index contributed by atoms with van der Waals surface area (Å²) in [5.41, 5.74) is 12.3. The number of nitrogens with two attached hydrogens (primary N) is 2. The van der Waals surface area contributed by atoms with Gasteiger partial charge in [-0.2, -0.15) is 0 Å². The molecule has 0 radical (unpaired) electrons. The first kappa shape index (κ1) is 21.3. The predicted octanol–water partition coefficient (Wildman–Crippen LogP) is 4.88. The lowest BCUT2D eigenvalue weighted by molar-refractivity contribution is 0.255. The van der Waals surface area contributed by atoms with Crippen LogP contribution in [-0.2, 0) is 5.54 Å². The van der Waals surface area contributed by atoms with Crippen molar-refractivity contribution in [2.75, 3.05) is 4.90 Å². The lowest BCUT2D eigenvalue weighted by atomic mass is 9.90. The number of amides is 2. The van der Waals surface area contributed by atoms with Gasteiger partial charge in [0.1, 0.15) is 29.0 Å². The van der Waals surface area contributed by atoms with Crippen molar-refractivity contribution >= 4 is 17.5 Å². The minimum atomic E-state index is -1.12. The molecule has 3 aromatic rings. The monoisotopic (exact) mass is 414 g/mol. The number of halogens is 3. The van der Waals surface area contributed by atoms with Gasteiger partial charge in [-0.15, -0.1) is 0 Å². The van der Waals surface area contributed by atoms with Gasteiger partial charge in [0.2, 0.25) is 0 Å². The summed E-state index contributed by atoms with van der Waals surface area (Å²) in [5.74, 6) is -2.47. The summed E-state index contributed by atoms with van der Waals surface area (Å²) < 4.78 is 42.4. The molecule has 0 saturated carbocycles. The third-order valence-corrected chi connectivity index (χ3v) is 4.63. The zero-order valence-corrected chi connectivity index (χ0v) is 16.7. The van der Waals surface area contributed by atoms with Gasteiger partial charge in [0.25, 0.3) is 0 Å². The number of carbonyl (C=O) groups is 1. The lowest BCUT2D eigenvalue weighted by Crippen LogP contribution is -2.34. The molecule has 0 aliphatic carbocycles. The van der Waals surface area contributed by atoms with Crippen LogP contribution in [0.15, 0.2) is 48.5 Å². The van der Waals surface area contributed by atoms with E-state index in [0.717, 1.165) is 12.1 Å². The number of hydrogen-bond acceptors (Lipinski definition) is 3. The molecule has 5 nitrogen and oxygen atoms in total. The molecule has 30 heavy (non-hydrogen) atoms. The molecule has 1 heterocycles. The van der Waals surface area contributed by atoms with Crippen molar-refractivity contribution in [3.05, 3.63) is 77.1 Å². The van der Waals surface area contributed by atoms with Gasteiger partial charge in [0.05, 0.1) is 5.69 Å². The highest BCUT2D eigenvalue weighted by molar-refractivity contribution is 5.98. The molecule has 1 aromatic heterocycles. The van der Waals surface area contributed by atoms with Crippen LogP contribution in [0.25, 0.3) is 11.3 Å². The van der Waals surface area contributed by atoms with Crippen molar-refractivity contribution in [3.8, 4) is 11.3 Å². The maximum atomic E-state index is 14.4. The molecule has 2 amide bonds. The fourth-order valence-electron chi connectivity index (χ4n) is 3.23. The number of pyridine rings is 1. The Morgan fingerprint density at radius 3 is 2.20 bits per heavy atom. The van der Waals surface area contributed by atoms with Gasteiger partial charge in [-0.3, -0.25) is 0 Å². The van der Waals surface area contributed by atoms with Crippen molar-refractivity contribution in [2.24, 2.45) is 11.5 Å². The molecule has 0 atom stereocenters. The van der Waals surface area contributed by atoms with E-state index in [1.165, 1.54) is 30.3 Å². The lowest BCUT2D eigenvalue weighted by Gasteiger charge is -2.26. The summed E-state index contributed by atoms with van der Waals surface area (Å²) in [6, 6.07) is 9.23. The second-order valence-corrected chi connectivity index (χ2v) is 7.49. The highest BCUT2D eigenvalue weighted by atomic mass is 19.1. The van der Waals surface area contributed by atoms with E-state index in [1.807, 2.05) is 0 Å². The normalized spacial score (nSPS) is 11.4. The highest BCUT2D eigenvalue weighted by Crippen LogP contribution is 2.36. The van der Waals surface area contributed by atoms with Gasteiger partial charge in [-0.05, 0) is 68.3 Å². The predicted molar refractivity (Wildman–Crippen MR) is 110 cm³/mol. The zero-order valence-electron chi connectivity index (χ0n) is 16.7. The van der Waals surface area contributed by atoms with Gasteiger partial charge in [-0.25, -0.2) is 27.8 Å². The number of primary amides is 1. The van der Waals surface area contributed by atoms with Crippen molar-refractivity contribution in [2.45, 2.75) is 26.3 Å². The number of urea groups is 1. The molecule has 0 spiro atoms. The Hall–Kier alpha value is -3.39. The third-order valence-electron chi connectivity index (χ3n) is 4.63. The van der Waals surface area contributed by atoms with E-state index in [-0.39, 0.29) is 5.82 Å². The quantitative estimate of drug-likeness (QED) is 0.638. The summed E-state index contributed by atoms with van der Waals surface area (Å²) in [4.78, 5) is 17.3. The summed E-state index contributed by atoms with van der Waals surface area (Å²) in [5, 5.41) is 0. The van der Waals surface area contributed by atoms with E-state index in [1.54, 1.807) is 26.8 Å². The van der Waals surface area contributed by atoms with Crippen LogP contribution in [-0.4, -0.2) is 11.0 Å². The van der Waals surface area contributed by atoms with Gasteiger partial charge in [0.15, 0.2) is 0 Å². The molecule has 0 aliphatic heterocycles. The number of rotatable bonds is 4. The van der Waals surface area contributed by atoms with Gasteiger partial charge in [-0.1, -0.05) is 12.1 Å². The summed E-state index contributed by atoms with van der Waals surface area (Å²) in [6.45, 7) is 5.21. The Bertz CT molecular complexity index is 1110. The zero-order chi connectivity index (χ0) is 22.2. The molecular weight excluding hydrogens is 393 g/mol. The summed E-state index contributed by atoms with van der Waals surface area (Å²) in [6.07, 6.45) is 0. The molecule has 3 rings (SSSR count). The Kier molecular flexibility index (Phi) is 5.54. The van der Waals surface area contributed by atoms with Crippen LogP contribution in [0.2, 0.25) is 0 Å². The van der Waals surface area contributed by atoms with Crippen molar-refractivity contribution in [1.29, 1.82) is 0 Å². The Balaban J connectivity index is 2.29. The third kappa shape index (κ3) is 3.99. The Labute approximate surface area is 172 Å². The van der Waals surface area contributed by atoms with E-state index < -0.39 is 34.7 Å². The minimum absolute atomic E-state index is 0.0989. The van der Waals surface area contributed by atoms with E-state index in [2.05, 4.69) is 4.98 Å². The second-order valence-electron chi connectivity index (χ2n) is 7.49. The number of carbonyl (C=O) groups excluding carboxylic acids is 1. The number of anilines is 2. The van der Waals surface area contributed by atoms with Crippen LogP contribution in [0.1, 0.15) is 25.0 Å². The molecule has 156 valence electrons. The molecule has 4 N–H and O–H groups in total. The number of aryl methyl sites for hydroxylation is 1. The van der Waals surface area contributed by atoms with Crippen molar-refractivity contribution in [1.82, 2.24) is 4.98 Å². The molecule has 2 aromatic carbocycles. The van der Waals surface area contributed by atoms with Crippen LogP contribution in [0.3, 0.4) is 0 Å². The number of aromatic nitrogens is 1. The van der Waals surface area contributed by atoms with E-state index in [9.17, 15) is 18.0 Å². The van der Waals surface area contributed by atoms with Gasteiger partial charge < -0.3 is 11.5 Å².